The molecule has 0 saturated heterocycles. The lowest BCUT2D eigenvalue weighted by Crippen LogP contribution is -2.34. The third-order valence-corrected chi connectivity index (χ3v) is 3.30. The number of carbonyl (C=O) groups is 4. The maximum absolute atomic E-state index is 12.3. The van der Waals surface area contributed by atoms with Crippen LogP contribution in [0, 0.1) is 6.92 Å². The minimum absolute atomic E-state index is 0.0513. The topological polar surface area (TPSA) is 90.0 Å². The smallest absolute Gasteiger partial charge is 0.355 e. The van der Waals surface area contributed by atoms with Crippen LogP contribution in [0.5, 0.6) is 0 Å². The number of fused-ring (bicyclic) bond motifs is 1. The van der Waals surface area contributed by atoms with Crippen LogP contribution in [-0.2, 0) is 23.9 Å². The van der Waals surface area contributed by atoms with E-state index in [2.05, 4.69) is 0 Å². The zero-order chi connectivity index (χ0) is 17.9. The molecule has 2 rings (SSSR count). The first-order chi connectivity index (χ1) is 11.4. The molecule has 7 nitrogen and oxygen atoms in total. The van der Waals surface area contributed by atoms with Gasteiger partial charge in [-0.15, -0.1) is 0 Å². The maximum Gasteiger partial charge on any atom is 0.355 e. The van der Waals surface area contributed by atoms with Crippen molar-refractivity contribution < 1.29 is 28.7 Å². The highest BCUT2D eigenvalue weighted by Gasteiger charge is 2.40. The molecular weight excluding hydrogens is 314 g/mol. The predicted molar refractivity (Wildman–Crippen MR) is 84.3 cm³/mol. The van der Waals surface area contributed by atoms with Gasteiger partial charge in [-0.05, 0) is 32.9 Å². The number of ether oxygens (including phenoxy) is 2. The van der Waals surface area contributed by atoms with E-state index < -0.39 is 23.6 Å². The summed E-state index contributed by atoms with van der Waals surface area (Å²) in [6.45, 7) is 5.14. The molecule has 0 aromatic heterocycles. The number of Topliss-reactive ketones (excluding diaryl/α,β-unsaturated/α-hetero) is 1. The SMILES string of the molecule is CCOC(=O)/C=C(\C(=O)OCC)N1C(=O)C(=O)c2cc(C)ccc21. The van der Waals surface area contributed by atoms with Gasteiger partial charge in [-0.3, -0.25) is 14.5 Å². The lowest BCUT2D eigenvalue weighted by Gasteiger charge is -2.18. The van der Waals surface area contributed by atoms with Gasteiger partial charge in [-0.1, -0.05) is 11.6 Å². The molecule has 0 fully saturated rings. The molecule has 1 aliphatic heterocycles. The van der Waals surface area contributed by atoms with Crippen LogP contribution in [0.15, 0.2) is 30.0 Å². The second kappa shape index (κ2) is 7.08. The lowest BCUT2D eigenvalue weighted by atomic mass is 10.1. The Labute approximate surface area is 138 Å². The normalized spacial score (nSPS) is 13.8. The number of hydrogen-bond acceptors (Lipinski definition) is 6. The van der Waals surface area contributed by atoms with Gasteiger partial charge in [-0.2, -0.15) is 0 Å². The predicted octanol–water partition coefficient (Wildman–Crippen LogP) is 1.53. The van der Waals surface area contributed by atoms with Crippen molar-refractivity contribution in [2.75, 3.05) is 18.1 Å². The second-order valence-corrected chi connectivity index (χ2v) is 4.99. The average molecular weight is 331 g/mol. The van der Waals surface area contributed by atoms with Crippen LogP contribution >= 0.6 is 0 Å². The lowest BCUT2D eigenvalue weighted by molar-refractivity contribution is -0.141. The van der Waals surface area contributed by atoms with E-state index in [9.17, 15) is 19.2 Å². The van der Waals surface area contributed by atoms with Crippen LogP contribution in [0.3, 0.4) is 0 Å². The zero-order valence-corrected chi connectivity index (χ0v) is 13.6. The number of anilines is 1. The van der Waals surface area contributed by atoms with Gasteiger partial charge in [0.05, 0.1) is 30.5 Å². The molecule has 7 heteroatoms. The molecule has 0 aliphatic carbocycles. The zero-order valence-electron chi connectivity index (χ0n) is 13.6. The highest BCUT2D eigenvalue weighted by molar-refractivity contribution is 6.53. The van der Waals surface area contributed by atoms with Crippen LogP contribution in [0.2, 0.25) is 0 Å². The van der Waals surface area contributed by atoms with E-state index in [0.29, 0.717) is 0 Å². The fraction of sp³-hybridized carbons (Fsp3) is 0.294. The first kappa shape index (κ1) is 17.4. The number of esters is 2. The first-order valence-corrected chi connectivity index (χ1v) is 7.45. The molecule has 126 valence electrons. The van der Waals surface area contributed by atoms with Gasteiger partial charge >= 0.3 is 17.8 Å². The fourth-order valence-electron chi connectivity index (χ4n) is 2.31. The van der Waals surface area contributed by atoms with Crippen molar-refractivity contribution in [1.29, 1.82) is 0 Å². The van der Waals surface area contributed by atoms with Gasteiger partial charge in [0.2, 0.25) is 0 Å². The van der Waals surface area contributed by atoms with E-state index in [-0.39, 0.29) is 30.2 Å². The fourth-order valence-corrected chi connectivity index (χ4v) is 2.31. The molecule has 0 spiro atoms. The Kier molecular flexibility index (Phi) is 5.13. The molecule has 0 unspecified atom stereocenters. The summed E-state index contributed by atoms with van der Waals surface area (Å²) in [6.07, 6.45) is 0.863. The summed E-state index contributed by atoms with van der Waals surface area (Å²) in [6, 6.07) is 4.80. The van der Waals surface area contributed by atoms with Crippen molar-refractivity contribution >= 4 is 29.3 Å². The Morgan fingerprint density at radius 1 is 1.12 bits per heavy atom. The van der Waals surface area contributed by atoms with E-state index in [0.717, 1.165) is 16.5 Å². The van der Waals surface area contributed by atoms with Crippen molar-refractivity contribution in [3.63, 3.8) is 0 Å². The van der Waals surface area contributed by atoms with E-state index in [1.807, 2.05) is 0 Å². The third-order valence-electron chi connectivity index (χ3n) is 3.30. The monoisotopic (exact) mass is 331 g/mol. The number of rotatable bonds is 5. The number of carbonyl (C=O) groups excluding carboxylic acids is 4. The third kappa shape index (κ3) is 3.19. The Balaban J connectivity index is 2.54. The summed E-state index contributed by atoms with van der Waals surface area (Å²) in [5.41, 5.74) is 0.860. The van der Waals surface area contributed by atoms with E-state index in [1.165, 1.54) is 0 Å². The van der Waals surface area contributed by atoms with Crippen molar-refractivity contribution in [3.8, 4) is 0 Å². The summed E-state index contributed by atoms with van der Waals surface area (Å²) in [5, 5.41) is 0. The van der Waals surface area contributed by atoms with Gasteiger partial charge in [0.25, 0.3) is 5.78 Å². The highest BCUT2D eigenvalue weighted by Crippen LogP contribution is 2.33. The Bertz CT molecular complexity index is 749. The summed E-state index contributed by atoms with van der Waals surface area (Å²) < 4.78 is 9.68. The quantitative estimate of drug-likeness (QED) is 0.462. The van der Waals surface area contributed by atoms with Gasteiger partial charge in [0, 0.05) is 0 Å². The number of nitrogens with zero attached hydrogens (tertiary/aromatic N) is 1. The van der Waals surface area contributed by atoms with Gasteiger partial charge in [0.1, 0.15) is 5.70 Å². The Hall–Kier alpha value is -2.96. The molecule has 1 aromatic rings. The summed E-state index contributed by atoms with van der Waals surface area (Å²) in [5.74, 6) is -3.35. The molecule has 24 heavy (non-hydrogen) atoms. The minimum Gasteiger partial charge on any atom is -0.463 e. The highest BCUT2D eigenvalue weighted by atomic mass is 16.5. The number of benzene rings is 1. The van der Waals surface area contributed by atoms with Crippen molar-refractivity contribution in [3.05, 3.63) is 41.1 Å². The van der Waals surface area contributed by atoms with Gasteiger partial charge in [-0.25, -0.2) is 9.59 Å². The summed E-state index contributed by atoms with van der Waals surface area (Å²) in [4.78, 5) is 49.3. The number of amides is 1. The molecule has 0 N–H and O–H groups in total. The average Bonchev–Trinajstić information content (AvgIpc) is 2.77. The summed E-state index contributed by atoms with van der Waals surface area (Å²) in [7, 11) is 0. The molecular formula is C17H17NO6. The minimum atomic E-state index is -0.917. The molecule has 1 aromatic carbocycles. The number of ketones is 1. The van der Waals surface area contributed by atoms with Crippen molar-refractivity contribution in [2.45, 2.75) is 20.8 Å². The molecule has 0 saturated carbocycles. The summed E-state index contributed by atoms with van der Waals surface area (Å²) >= 11 is 0. The van der Waals surface area contributed by atoms with Crippen LogP contribution in [0.1, 0.15) is 29.8 Å². The molecule has 1 heterocycles. The van der Waals surface area contributed by atoms with Crippen LogP contribution < -0.4 is 4.90 Å². The van der Waals surface area contributed by atoms with Gasteiger partial charge in [0.15, 0.2) is 0 Å². The molecule has 0 atom stereocenters. The standard InChI is InChI=1S/C17H17NO6/c1-4-23-14(19)9-13(17(22)24-5-2)18-12-7-6-10(3)8-11(12)15(20)16(18)21/h6-9H,4-5H2,1-3H3/b13-9+. The largest absolute Gasteiger partial charge is 0.463 e. The number of hydrogen-bond donors (Lipinski definition) is 0. The second-order valence-electron chi connectivity index (χ2n) is 4.99. The molecule has 0 radical (unpaired) electrons. The van der Waals surface area contributed by atoms with E-state index >= 15 is 0 Å². The van der Waals surface area contributed by atoms with E-state index in [1.54, 1.807) is 39.0 Å². The molecule has 1 amide bonds. The number of aryl methyl sites for hydroxylation is 1. The van der Waals surface area contributed by atoms with Crippen molar-refractivity contribution in [1.82, 2.24) is 0 Å². The molecule has 0 bridgehead atoms. The van der Waals surface area contributed by atoms with Crippen molar-refractivity contribution in [2.24, 2.45) is 0 Å². The van der Waals surface area contributed by atoms with Crippen LogP contribution in [-0.4, -0.2) is 36.8 Å². The van der Waals surface area contributed by atoms with Crippen LogP contribution in [0.4, 0.5) is 5.69 Å². The maximum atomic E-state index is 12.3. The Morgan fingerprint density at radius 2 is 1.79 bits per heavy atom. The van der Waals surface area contributed by atoms with Gasteiger partial charge < -0.3 is 9.47 Å². The first-order valence-electron chi connectivity index (χ1n) is 7.45. The Morgan fingerprint density at radius 3 is 2.42 bits per heavy atom. The molecule has 1 aliphatic rings. The van der Waals surface area contributed by atoms with E-state index in [4.69, 9.17) is 9.47 Å². The van der Waals surface area contributed by atoms with Crippen LogP contribution in [0.25, 0.3) is 0 Å².